The van der Waals surface area contributed by atoms with Crippen molar-refractivity contribution in [2.75, 3.05) is 20.2 Å². The van der Waals surface area contributed by atoms with E-state index < -0.39 is 0 Å². The lowest BCUT2D eigenvalue weighted by Crippen LogP contribution is -2.45. The molecular formula is C9H17NO2S. The average Bonchev–Trinajstić information content (AvgIpc) is 2.16. The van der Waals surface area contributed by atoms with E-state index in [1.165, 1.54) is 0 Å². The number of rotatable bonds is 2. The van der Waals surface area contributed by atoms with Crippen molar-refractivity contribution in [3.63, 3.8) is 0 Å². The molecule has 0 aromatic carbocycles. The molecule has 0 radical (unpaired) electrons. The van der Waals surface area contributed by atoms with Crippen molar-refractivity contribution in [2.24, 2.45) is 0 Å². The Morgan fingerprint density at radius 1 is 1.69 bits per heavy atom. The Bertz CT molecular complexity index is 184. The van der Waals surface area contributed by atoms with Crippen LogP contribution in [0.1, 0.15) is 19.8 Å². The zero-order chi connectivity index (χ0) is 9.84. The predicted octanol–water partition coefficient (Wildman–Crippen LogP) is 0.942. The lowest BCUT2D eigenvalue weighted by Gasteiger charge is -2.32. The monoisotopic (exact) mass is 203 g/mol. The third kappa shape index (κ3) is 2.88. The van der Waals surface area contributed by atoms with Gasteiger partial charge in [0.25, 0.3) is 0 Å². The molecule has 0 saturated carbocycles. The van der Waals surface area contributed by atoms with Crippen molar-refractivity contribution in [3.05, 3.63) is 0 Å². The van der Waals surface area contributed by atoms with Gasteiger partial charge in [-0.2, -0.15) is 12.6 Å². The molecule has 0 aromatic rings. The number of thiol groups is 1. The Hall–Kier alpha value is -0.220. The van der Waals surface area contributed by atoms with E-state index in [9.17, 15) is 4.79 Å². The number of carbonyl (C=O) groups excluding carboxylic acids is 1. The van der Waals surface area contributed by atoms with Crippen LogP contribution in [0.5, 0.6) is 0 Å². The van der Waals surface area contributed by atoms with Crippen LogP contribution in [0.25, 0.3) is 0 Å². The zero-order valence-electron chi connectivity index (χ0n) is 8.19. The zero-order valence-corrected chi connectivity index (χ0v) is 9.09. The first-order valence-corrected chi connectivity index (χ1v) is 5.16. The second-order valence-corrected chi connectivity index (χ2v) is 4.23. The SMILES string of the molecule is COC1CCCN(C(=O)C(C)S)C1. The average molecular weight is 203 g/mol. The number of piperidine rings is 1. The minimum absolute atomic E-state index is 0.116. The van der Waals surface area contributed by atoms with Crippen molar-refractivity contribution < 1.29 is 9.53 Å². The van der Waals surface area contributed by atoms with Crippen LogP contribution >= 0.6 is 12.6 Å². The fourth-order valence-corrected chi connectivity index (χ4v) is 1.76. The molecule has 1 amide bonds. The van der Waals surface area contributed by atoms with Crippen LogP contribution < -0.4 is 0 Å². The van der Waals surface area contributed by atoms with Crippen LogP contribution in [-0.2, 0) is 9.53 Å². The molecule has 3 nitrogen and oxygen atoms in total. The summed E-state index contributed by atoms with van der Waals surface area (Å²) in [4.78, 5) is 13.4. The van der Waals surface area contributed by atoms with Crippen molar-refractivity contribution in [1.29, 1.82) is 0 Å². The van der Waals surface area contributed by atoms with Crippen molar-refractivity contribution in [3.8, 4) is 0 Å². The molecule has 1 aliphatic rings. The van der Waals surface area contributed by atoms with E-state index in [1.54, 1.807) is 7.11 Å². The summed E-state index contributed by atoms with van der Waals surface area (Å²) in [6.07, 6.45) is 2.30. The molecule has 0 bridgehead atoms. The maximum atomic E-state index is 11.6. The first-order chi connectivity index (χ1) is 6.15. The molecule has 1 saturated heterocycles. The molecule has 0 spiro atoms. The Balaban J connectivity index is 2.46. The van der Waals surface area contributed by atoms with Crippen molar-refractivity contribution in [2.45, 2.75) is 31.1 Å². The molecule has 13 heavy (non-hydrogen) atoms. The van der Waals surface area contributed by atoms with Crippen LogP contribution in [-0.4, -0.2) is 42.4 Å². The van der Waals surface area contributed by atoms with E-state index in [4.69, 9.17) is 4.74 Å². The van der Waals surface area contributed by atoms with Gasteiger partial charge in [0.1, 0.15) is 0 Å². The van der Waals surface area contributed by atoms with Crippen LogP contribution in [0, 0.1) is 0 Å². The van der Waals surface area contributed by atoms with Gasteiger partial charge in [-0.25, -0.2) is 0 Å². The van der Waals surface area contributed by atoms with Gasteiger partial charge in [-0.05, 0) is 19.8 Å². The molecule has 1 fully saturated rings. The number of hydrogen-bond donors (Lipinski definition) is 1. The van der Waals surface area contributed by atoms with Crippen LogP contribution in [0.3, 0.4) is 0 Å². The first kappa shape index (κ1) is 10.9. The van der Waals surface area contributed by atoms with E-state index in [0.717, 1.165) is 25.9 Å². The number of likely N-dealkylation sites (tertiary alicyclic amines) is 1. The van der Waals surface area contributed by atoms with Gasteiger partial charge in [-0.1, -0.05) is 0 Å². The highest BCUT2D eigenvalue weighted by atomic mass is 32.1. The smallest absolute Gasteiger partial charge is 0.235 e. The normalized spacial score (nSPS) is 25.8. The third-order valence-corrected chi connectivity index (χ3v) is 2.60. The lowest BCUT2D eigenvalue weighted by molar-refractivity contribution is -0.133. The molecule has 1 heterocycles. The summed E-state index contributed by atoms with van der Waals surface area (Å²) in [5, 5.41) is -0.199. The summed E-state index contributed by atoms with van der Waals surface area (Å²) in [6.45, 7) is 3.38. The fourth-order valence-electron chi connectivity index (χ4n) is 1.59. The molecule has 76 valence electrons. The van der Waals surface area contributed by atoms with E-state index in [1.807, 2.05) is 11.8 Å². The van der Waals surface area contributed by atoms with Crippen LogP contribution in [0.4, 0.5) is 0 Å². The summed E-state index contributed by atoms with van der Waals surface area (Å²) in [7, 11) is 1.70. The Morgan fingerprint density at radius 2 is 2.38 bits per heavy atom. The second-order valence-electron chi connectivity index (χ2n) is 3.46. The van der Waals surface area contributed by atoms with Crippen LogP contribution in [0.15, 0.2) is 0 Å². The van der Waals surface area contributed by atoms with Gasteiger partial charge in [0.2, 0.25) is 5.91 Å². The number of ether oxygens (including phenoxy) is 1. The lowest BCUT2D eigenvalue weighted by atomic mass is 10.1. The van der Waals surface area contributed by atoms with Gasteiger partial charge in [0.05, 0.1) is 11.4 Å². The molecule has 2 unspecified atom stereocenters. The number of carbonyl (C=O) groups is 1. The number of methoxy groups -OCH3 is 1. The topological polar surface area (TPSA) is 29.5 Å². The van der Waals surface area contributed by atoms with Gasteiger partial charge < -0.3 is 9.64 Å². The van der Waals surface area contributed by atoms with Crippen molar-refractivity contribution >= 4 is 18.5 Å². The molecule has 2 atom stereocenters. The fraction of sp³-hybridized carbons (Fsp3) is 0.889. The second kappa shape index (κ2) is 4.86. The molecule has 0 aliphatic carbocycles. The molecular weight excluding hydrogens is 186 g/mol. The van der Waals surface area contributed by atoms with Crippen molar-refractivity contribution in [1.82, 2.24) is 4.90 Å². The summed E-state index contributed by atoms with van der Waals surface area (Å²) >= 11 is 4.13. The van der Waals surface area contributed by atoms with E-state index >= 15 is 0 Å². The predicted molar refractivity (Wildman–Crippen MR) is 55.1 cm³/mol. The highest BCUT2D eigenvalue weighted by molar-refractivity contribution is 7.81. The highest BCUT2D eigenvalue weighted by Gasteiger charge is 2.24. The quantitative estimate of drug-likeness (QED) is 0.677. The van der Waals surface area contributed by atoms with Crippen LogP contribution in [0.2, 0.25) is 0 Å². The van der Waals surface area contributed by atoms with Gasteiger partial charge in [0, 0.05) is 20.2 Å². The summed E-state index contributed by atoms with van der Waals surface area (Å²) in [5.41, 5.74) is 0. The largest absolute Gasteiger partial charge is 0.380 e. The Labute approximate surface area is 84.8 Å². The maximum Gasteiger partial charge on any atom is 0.235 e. The van der Waals surface area contributed by atoms with E-state index in [0.29, 0.717) is 0 Å². The first-order valence-electron chi connectivity index (χ1n) is 4.64. The Kier molecular flexibility index (Phi) is 4.06. The third-order valence-electron chi connectivity index (χ3n) is 2.38. The molecule has 0 aromatic heterocycles. The molecule has 0 N–H and O–H groups in total. The minimum Gasteiger partial charge on any atom is -0.380 e. The molecule has 4 heteroatoms. The van der Waals surface area contributed by atoms with E-state index in [2.05, 4.69) is 12.6 Å². The van der Waals surface area contributed by atoms with E-state index in [-0.39, 0.29) is 17.3 Å². The van der Waals surface area contributed by atoms with Gasteiger partial charge in [-0.15, -0.1) is 0 Å². The molecule has 1 aliphatic heterocycles. The molecule has 1 rings (SSSR count). The van der Waals surface area contributed by atoms with Gasteiger partial charge in [0.15, 0.2) is 0 Å². The number of nitrogens with zero attached hydrogens (tertiary/aromatic N) is 1. The van der Waals surface area contributed by atoms with Gasteiger partial charge >= 0.3 is 0 Å². The Morgan fingerprint density at radius 3 is 2.92 bits per heavy atom. The minimum atomic E-state index is -0.199. The maximum absolute atomic E-state index is 11.6. The summed E-state index contributed by atoms with van der Waals surface area (Å²) in [6, 6.07) is 0. The summed E-state index contributed by atoms with van der Waals surface area (Å²) < 4.78 is 5.23. The standard InChI is InChI=1S/C9H17NO2S/c1-7(13)9(11)10-5-3-4-8(6-10)12-2/h7-8,13H,3-6H2,1-2H3. The summed E-state index contributed by atoms with van der Waals surface area (Å²) in [5.74, 6) is 0.116. The van der Waals surface area contributed by atoms with Gasteiger partial charge in [-0.3, -0.25) is 4.79 Å². The number of amides is 1. The number of hydrogen-bond acceptors (Lipinski definition) is 3. The highest BCUT2D eigenvalue weighted by Crippen LogP contribution is 2.14.